The third-order valence-electron chi connectivity index (χ3n) is 2.11. The van der Waals surface area contributed by atoms with Crippen molar-refractivity contribution < 1.29 is 4.74 Å². The summed E-state index contributed by atoms with van der Waals surface area (Å²) in [7, 11) is 0. The first-order valence-electron chi connectivity index (χ1n) is 4.10. The molecule has 1 aliphatic heterocycles. The molecular formula is C8H11BrN2O. The molecular weight excluding hydrogens is 220 g/mol. The van der Waals surface area contributed by atoms with E-state index < -0.39 is 0 Å². The monoisotopic (exact) mass is 230 g/mol. The summed E-state index contributed by atoms with van der Waals surface area (Å²) in [5.41, 5.74) is 1.15. The number of halogens is 1. The Kier molecular flexibility index (Phi) is 2.46. The van der Waals surface area contributed by atoms with Crippen LogP contribution in [0.15, 0.2) is 12.4 Å². The van der Waals surface area contributed by atoms with Gasteiger partial charge in [-0.15, -0.1) is 0 Å². The van der Waals surface area contributed by atoms with Gasteiger partial charge in [0.15, 0.2) is 0 Å². The highest BCUT2D eigenvalue weighted by atomic mass is 79.9. The molecule has 0 bridgehead atoms. The fourth-order valence-corrected chi connectivity index (χ4v) is 1.95. The van der Waals surface area contributed by atoms with Gasteiger partial charge in [-0.05, 0) is 12.8 Å². The third-order valence-corrected chi connectivity index (χ3v) is 2.94. The molecule has 0 radical (unpaired) electrons. The molecule has 3 nitrogen and oxygen atoms in total. The third kappa shape index (κ3) is 1.69. The van der Waals surface area contributed by atoms with Crippen molar-refractivity contribution in [2.45, 2.75) is 23.8 Å². The first-order chi connectivity index (χ1) is 5.86. The van der Waals surface area contributed by atoms with Crippen molar-refractivity contribution in [2.24, 2.45) is 0 Å². The van der Waals surface area contributed by atoms with Crippen LogP contribution in [0.3, 0.4) is 0 Å². The molecule has 0 amide bonds. The van der Waals surface area contributed by atoms with Gasteiger partial charge in [0.25, 0.3) is 0 Å². The summed E-state index contributed by atoms with van der Waals surface area (Å²) in [6.07, 6.45) is 6.10. The summed E-state index contributed by atoms with van der Waals surface area (Å²) in [5.74, 6) is 0. The summed E-state index contributed by atoms with van der Waals surface area (Å²) < 4.78 is 5.60. The topological polar surface area (TPSA) is 37.9 Å². The lowest BCUT2D eigenvalue weighted by Gasteiger charge is -2.25. The molecule has 1 saturated heterocycles. The van der Waals surface area contributed by atoms with Gasteiger partial charge in [-0.2, -0.15) is 5.10 Å². The van der Waals surface area contributed by atoms with Crippen LogP contribution in [0.2, 0.25) is 0 Å². The number of alkyl halides is 1. The molecule has 0 saturated carbocycles. The Morgan fingerprint density at radius 2 is 2.58 bits per heavy atom. The number of aromatic nitrogens is 2. The minimum Gasteiger partial charge on any atom is -0.373 e. The molecule has 12 heavy (non-hydrogen) atoms. The predicted molar refractivity (Wildman–Crippen MR) is 49.2 cm³/mol. The Labute approximate surface area is 79.6 Å². The summed E-state index contributed by atoms with van der Waals surface area (Å²) in [6.45, 7) is 0.839. The van der Waals surface area contributed by atoms with Crippen molar-refractivity contribution in [2.75, 3.05) is 6.61 Å². The molecule has 1 aliphatic rings. The zero-order chi connectivity index (χ0) is 8.39. The van der Waals surface area contributed by atoms with Crippen LogP contribution in [-0.4, -0.2) is 21.6 Å². The highest BCUT2D eigenvalue weighted by Gasteiger charge is 2.22. The van der Waals surface area contributed by atoms with E-state index in [9.17, 15) is 0 Å². The number of nitrogens with zero attached hydrogens (tertiary/aromatic N) is 1. The van der Waals surface area contributed by atoms with Crippen molar-refractivity contribution in [3.05, 3.63) is 18.0 Å². The Balaban J connectivity index is 2.04. The van der Waals surface area contributed by atoms with E-state index in [2.05, 4.69) is 26.1 Å². The van der Waals surface area contributed by atoms with Crippen LogP contribution in [0.4, 0.5) is 0 Å². The van der Waals surface area contributed by atoms with Gasteiger partial charge in [0, 0.05) is 23.2 Å². The number of hydrogen-bond donors (Lipinski definition) is 1. The Morgan fingerprint density at radius 3 is 3.25 bits per heavy atom. The van der Waals surface area contributed by atoms with E-state index in [1.807, 2.05) is 12.4 Å². The number of rotatable bonds is 1. The van der Waals surface area contributed by atoms with E-state index in [1.165, 1.54) is 0 Å². The summed E-state index contributed by atoms with van der Waals surface area (Å²) >= 11 is 3.60. The highest BCUT2D eigenvalue weighted by molar-refractivity contribution is 9.09. The van der Waals surface area contributed by atoms with Gasteiger partial charge < -0.3 is 4.74 Å². The van der Waals surface area contributed by atoms with E-state index in [1.54, 1.807) is 0 Å². The molecule has 66 valence electrons. The standard InChI is InChI=1S/C8H11BrN2O/c9-7-1-2-12-8(3-7)6-4-10-11-5-6/h4-5,7-8H,1-3H2,(H,10,11)/t7-,8+/m0/s1. The van der Waals surface area contributed by atoms with E-state index in [4.69, 9.17) is 4.74 Å². The zero-order valence-corrected chi connectivity index (χ0v) is 8.25. The molecule has 0 unspecified atom stereocenters. The van der Waals surface area contributed by atoms with Crippen LogP contribution in [0.1, 0.15) is 24.5 Å². The van der Waals surface area contributed by atoms with E-state index in [-0.39, 0.29) is 6.10 Å². The fraction of sp³-hybridized carbons (Fsp3) is 0.625. The summed E-state index contributed by atoms with van der Waals surface area (Å²) in [4.78, 5) is 0.589. The maximum atomic E-state index is 5.60. The second kappa shape index (κ2) is 3.58. The lowest BCUT2D eigenvalue weighted by atomic mass is 10.0. The van der Waals surface area contributed by atoms with Crippen LogP contribution < -0.4 is 0 Å². The van der Waals surface area contributed by atoms with Crippen LogP contribution >= 0.6 is 15.9 Å². The normalized spacial score (nSPS) is 30.4. The number of H-pyrrole nitrogens is 1. The van der Waals surface area contributed by atoms with Crippen LogP contribution in [-0.2, 0) is 4.74 Å². The average molecular weight is 231 g/mol. The molecule has 2 heterocycles. The number of aromatic amines is 1. The van der Waals surface area contributed by atoms with Gasteiger partial charge in [-0.1, -0.05) is 15.9 Å². The Hall–Kier alpha value is -0.350. The van der Waals surface area contributed by atoms with Crippen molar-refractivity contribution in [3.8, 4) is 0 Å². The molecule has 0 spiro atoms. The molecule has 1 fully saturated rings. The number of nitrogens with one attached hydrogen (secondary N) is 1. The lowest BCUT2D eigenvalue weighted by Crippen LogP contribution is -2.19. The SMILES string of the molecule is Br[C@H]1CCO[C@@H](c2cn[nH]c2)C1. The quantitative estimate of drug-likeness (QED) is 0.751. The second-order valence-corrected chi connectivity index (χ2v) is 4.31. The van der Waals surface area contributed by atoms with Gasteiger partial charge in [-0.25, -0.2) is 0 Å². The molecule has 4 heteroatoms. The predicted octanol–water partition coefficient (Wildman–Crippen LogP) is 2.02. The van der Waals surface area contributed by atoms with Crippen LogP contribution in [0, 0.1) is 0 Å². The van der Waals surface area contributed by atoms with Crippen LogP contribution in [0.25, 0.3) is 0 Å². The Morgan fingerprint density at radius 1 is 1.67 bits per heavy atom. The largest absolute Gasteiger partial charge is 0.373 e. The van der Waals surface area contributed by atoms with Gasteiger partial charge >= 0.3 is 0 Å². The molecule has 2 atom stereocenters. The van der Waals surface area contributed by atoms with Crippen molar-refractivity contribution in [1.29, 1.82) is 0 Å². The van der Waals surface area contributed by atoms with Crippen molar-refractivity contribution in [3.63, 3.8) is 0 Å². The maximum Gasteiger partial charge on any atom is 0.0865 e. The average Bonchev–Trinajstić information content (AvgIpc) is 2.56. The van der Waals surface area contributed by atoms with Gasteiger partial charge in [-0.3, -0.25) is 5.10 Å². The lowest BCUT2D eigenvalue weighted by molar-refractivity contribution is 0.0187. The molecule has 1 aromatic heterocycles. The van der Waals surface area contributed by atoms with Gasteiger partial charge in [0.2, 0.25) is 0 Å². The van der Waals surface area contributed by atoms with Crippen molar-refractivity contribution in [1.82, 2.24) is 10.2 Å². The molecule has 0 aromatic carbocycles. The van der Waals surface area contributed by atoms with Gasteiger partial charge in [0.1, 0.15) is 0 Å². The minimum absolute atomic E-state index is 0.224. The van der Waals surface area contributed by atoms with E-state index in [0.717, 1.165) is 25.0 Å². The number of hydrogen-bond acceptors (Lipinski definition) is 2. The van der Waals surface area contributed by atoms with Gasteiger partial charge in [0.05, 0.1) is 12.3 Å². The maximum absolute atomic E-state index is 5.60. The molecule has 1 N–H and O–H groups in total. The zero-order valence-electron chi connectivity index (χ0n) is 6.66. The number of ether oxygens (including phenoxy) is 1. The van der Waals surface area contributed by atoms with E-state index in [0.29, 0.717) is 4.83 Å². The molecule has 2 rings (SSSR count). The molecule has 1 aromatic rings. The first kappa shape index (κ1) is 8.26. The summed E-state index contributed by atoms with van der Waals surface area (Å²) in [6, 6.07) is 0. The smallest absolute Gasteiger partial charge is 0.0865 e. The molecule has 0 aliphatic carbocycles. The first-order valence-corrected chi connectivity index (χ1v) is 5.02. The highest BCUT2D eigenvalue weighted by Crippen LogP contribution is 2.30. The second-order valence-electron chi connectivity index (χ2n) is 3.01. The van der Waals surface area contributed by atoms with E-state index >= 15 is 0 Å². The minimum atomic E-state index is 0.224. The fourth-order valence-electron chi connectivity index (χ4n) is 1.43. The van der Waals surface area contributed by atoms with Crippen molar-refractivity contribution >= 4 is 15.9 Å². The Bertz CT molecular complexity index is 237. The summed E-state index contributed by atoms with van der Waals surface area (Å²) in [5, 5.41) is 6.70. The van der Waals surface area contributed by atoms with Crippen LogP contribution in [0.5, 0.6) is 0 Å².